The predicted octanol–water partition coefficient (Wildman–Crippen LogP) is 0.759. The molecule has 1 aromatic carbocycles. The highest BCUT2D eigenvalue weighted by molar-refractivity contribution is 5.96. The van der Waals surface area contributed by atoms with E-state index < -0.39 is 17.1 Å². The van der Waals surface area contributed by atoms with Crippen molar-refractivity contribution in [1.82, 2.24) is 14.3 Å². The van der Waals surface area contributed by atoms with Crippen molar-refractivity contribution >= 4 is 11.6 Å². The van der Waals surface area contributed by atoms with E-state index in [1.807, 2.05) is 6.92 Å². The maximum atomic E-state index is 14.5. The molecule has 3 rings (SSSR count). The lowest BCUT2D eigenvalue weighted by molar-refractivity contribution is -0.118. The molecule has 0 fully saturated rings. The summed E-state index contributed by atoms with van der Waals surface area (Å²) in [5.74, 6) is -0.643. The van der Waals surface area contributed by atoms with Gasteiger partial charge in [-0.25, -0.2) is 9.18 Å². The fourth-order valence-electron chi connectivity index (χ4n) is 2.83. The van der Waals surface area contributed by atoms with E-state index in [4.69, 9.17) is 0 Å². The fourth-order valence-corrected chi connectivity index (χ4v) is 2.83. The van der Waals surface area contributed by atoms with E-state index in [2.05, 4.69) is 5.10 Å². The summed E-state index contributed by atoms with van der Waals surface area (Å²) in [5, 5.41) is 3.74. The normalized spacial score (nSPS) is 14.0. The van der Waals surface area contributed by atoms with Crippen LogP contribution in [0.2, 0.25) is 0 Å². The van der Waals surface area contributed by atoms with Crippen LogP contribution in [0, 0.1) is 5.82 Å². The Morgan fingerprint density at radius 1 is 1.17 bits per heavy atom. The number of fused-ring (bicyclic) bond motifs is 1. The van der Waals surface area contributed by atoms with Crippen LogP contribution in [-0.4, -0.2) is 26.8 Å². The Kier molecular flexibility index (Phi) is 4.04. The van der Waals surface area contributed by atoms with Gasteiger partial charge in [-0.1, -0.05) is 6.92 Å². The van der Waals surface area contributed by atoms with Crippen molar-refractivity contribution in [3.05, 3.63) is 50.5 Å². The molecule has 2 aromatic rings. The Labute approximate surface area is 136 Å². The molecule has 8 heteroatoms. The number of rotatable bonds is 3. The molecule has 7 nitrogen and oxygen atoms in total. The molecule has 0 unspecified atom stereocenters. The van der Waals surface area contributed by atoms with Crippen LogP contribution in [0.3, 0.4) is 0 Å². The first kappa shape index (κ1) is 16.1. The standard InChI is InChI=1S/C16H17FN4O3/c1-3-6-20-12-8-13(11(17)7-10(12)4-5-14(20)22)21-16(24)19(2)15(23)9-18-21/h7-9H,3-6H2,1-2H3. The van der Waals surface area contributed by atoms with Crippen molar-refractivity contribution in [3.63, 3.8) is 0 Å². The summed E-state index contributed by atoms with van der Waals surface area (Å²) in [5.41, 5.74) is -0.0812. The van der Waals surface area contributed by atoms with Crippen LogP contribution in [0.15, 0.2) is 27.9 Å². The van der Waals surface area contributed by atoms with Gasteiger partial charge in [-0.15, -0.1) is 0 Å². The van der Waals surface area contributed by atoms with Crippen LogP contribution in [0.5, 0.6) is 0 Å². The molecular weight excluding hydrogens is 315 g/mol. The number of hydrogen-bond acceptors (Lipinski definition) is 4. The van der Waals surface area contributed by atoms with Crippen molar-refractivity contribution in [2.75, 3.05) is 11.4 Å². The third-order valence-corrected chi connectivity index (χ3v) is 4.11. The van der Waals surface area contributed by atoms with Crippen LogP contribution in [-0.2, 0) is 18.3 Å². The number of aromatic nitrogens is 3. The smallest absolute Gasteiger partial charge is 0.312 e. The Bertz CT molecular complexity index is 932. The molecule has 126 valence electrons. The first-order valence-electron chi connectivity index (χ1n) is 7.72. The van der Waals surface area contributed by atoms with Gasteiger partial charge in [-0.05, 0) is 30.5 Å². The Balaban J connectivity index is 2.21. The number of benzene rings is 1. The summed E-state index contributed by atoms with van der Waals surface area (Å²) in [6, 6.07) is 2.79. The largest absolute Gasteiger partial charge is 0.352 e. The van der Waals surface area contributed by atoms with Gasteiger partial charge in [-0.3, -0.25) is 14.2 Å². The second kappa shape index (κ2) is 6.03. The Hall–Kier alpha value is -2.77. The Morgan fingerprint density at radius 2 is 1.92 bits per heavy atom. The maximum absolute atomic E-state index is 14.5. The minimum atomic E-state index is -0.745. The zero-order valence-electron chi connectivity index (χ0n) is 13.5. The predicted molar refractivity (Wildman–Crippen MR) is 86.0 cm³/mol. The van der Waals surface area contributed by atoms with Gasteiger partial charge in [-0.2, -0.15) is 9.78 Å². The summed E-state index contributed by atoms with van der Waals surface area (Å²) in [6.45, 7) is 2.47. The molecule has 0 atom stereocenters. The number of hydrogen-bond donors (Lipinski definition) is 0. The molecule has 0 bridgehead atoms. The lowest BCUT2D eigenvalue weighted by atomic mass is 10.00. The Morgan fingerprint density at radius 3 is 2.62 bits per heavy atom. The van der Waals surface area contributed by atoms with Gasteiger partial charge < -0.3 is 4.90 Å². The van der Waals surface area contributed by atoms with Crippen LogP contribution in [0.1, 0.15) is 25.3 Å². The second-order valence-electron chi connectivity index (χ2n) is 5.71. The van der Waals surface area contributed by atoms with Gasteiger partial charge in [0.1, 0.15) is 17.7 Å². The first-order valence-corrected chi connectivity index (χ1v) is 7.72. The molecule has 24 heavy (non-hydrogen) atoms. The number of halogens is 1. The second-order valence-corrected chi connectivity index (χ2v) is 5.71. The van der Waals surface area contributed by atoms with E-state index in [-0.39, 0.29) is 11.6 Å². The van der Waals surface area contributed by atoms with E-state index in [0.717, 1.165) is 27.4 Å². The number of carbonyl (C=O) groups is 1. The zero-order valence-corrected chi connectivity index (χ0v) is 13.5. The van der Waals surface area contributed by atoms with Gasteiger partial charge in [0.15, 0.2) is 0 Å². The van der Waals surface area contributed by atoms with Gasteiger partial charge in [0.05, 0.1) is 0 Å². The molecule has 2 heterocycles. The van der Waals surface area contributed by atoms with Crippen molar-refractivity contribution in [3.8, 4) is 5.69 Å². The average Bonchev–Trinajstić information content (AvgIpc) is 2.56. The molecular formula is C16H17FN4O3. The third kappa shape index (κ3) is 2.53. The molecule has 1 aliphatic heterocycles. The monoisotopic (exact) mass is 332 g/mol. The molecule has 0 saturated heterocycles. The molecule has 0 spiro atoms. The highest BCUT2D eigenvalue weighted by Crippen LogP contribution is 2.31. The van der Waals surface area contributed by atoms with Gasteiger partial charge >= 0.3 is 5.69 Å². The van der Waals surface area contributed by atoms with Crippen molar-refractivity contribution in [2.45, 2.75) is 26.2 Å². The SMILES string of the molecule is CCCN1C(=O)CCc2cc(F)c(-n3ncc(=O)n(C)c3=O)cc21. The van der Waals surface area contributed by atoms with Crippen LogP contribution in [0.4, 0.5) is 10.1 Å². The summed E-state index contributed by atoms with van der Waals surface area (Å²) in [6.07, 6.45) is 2.51. The van der Waals surface area contributed by atoms with Crippen molar-refractivity contribution < 1.29 is 9.18 Å². The minimum absolute atomic E-state index is 0.0253. The van der Waals surface area contributed by atoms with Gasteiger partial charge in [0.2, 0.25) is 5.91 Å². The minimum Gasteiger partial charge on any atom is -0.312 e. The van der Waals surface area contributed by atoms with Gasteiger partial charge in [0.25, 0.3) is 5.56 Å². The maximum Gasteiger partial charge on any atom is 0.352 e. The summed E-state index contributed by atoms with van der Waals surface area (Å²) < 4.78 is 16.2. The number of carbonyl (C=O) groups excluding carboxylic acids is 1. The molecule has 0 saturated carbocycles. The lowest BCUT2D eigenvalue weighted by Gasteiger charge is -2.29. The molecule has 0 N–H and O–H groups in total. The summed E-state index contributed by atoms with van der Waals surface area (Å²) in [4.78, 5) is 37.4. The van der Waals surface area contributed by atoms with E-state index in [9.17, 15) is 18.8 Å². The third-order valence-electron chi connectivity index (χ3n) is 4.11. The average molecular weight is 332 g/mol. The van der Waals surface area contributed by atoms with Crippen molar-refractivity contribution in [2.24, 2.45) is 7.05 Å². The quantitative estimate of drug-likeness (QED) is 0.831. The van der Waals surface area contributed by atoms with E-state index in [0.29, 0.717) is 25.1 Å². The van der Waals surface area contributed by atoms with E-state index >= 15 is 0 Å². The molecule has 0 radical (unpaired) electrons. The summed E-state index contributed by atoms with van der Waals surface area (Å²) >= 11 is 0. The van der Waals surface area contributed by atoms with Crippen LogP contribution >= 0.6 is 0 Å². The topological polar surface area (TPSA) is 77.2 Å². The van der Waals surface area contributed by atoms with Crippen LogP contribution in [0.25, 0.3) is 5.69 Å². The lowest BCUT2D eigenvalue weighted by Crippen LogP contribution is -2.39. The molecule has 0 aliphatic carbocycles. The van der Waals surface area contributed by atoms with E-state index in [1.54, 1.807) is 4.90 Å². The number of amides is 1. The number of nitrogens with zero attached hydrogens (tertiary/aromatic N) is 4. The molecule has 1 aliphatic rings. The number of anilines is 1. The summed E-state index contributed by atoms with van der Waals surface area (Å²) in [7, 11) is 1.30. The molecule has 1 aromatic heterocycles. The zero-order chi connectivity index (χ0) is 17.4. The van der Waals surface area contributed by atoms with E-state index in [1.165, 1.54) is 19.2 Å². The van der Waals surface area contributed by atoms with Crippen LogP contribution < -0.4 is 16.1 Å². The highest BCUT2D eigenvalue weighted by atomic mass is 19.1. The highest BCUT2D eigenvalue weighted by Gasteiger charge is 2.26. The number of aryl methyl sites for hydroxylation is 1. The van der Waals surface area contributed by atoms with Crippen molar-refractivity contribution in [1.29, 1.82) is 0 Å². The van der Waals surface area contributed by atoms with Gasteiger partial charge in [0, 0.05) is 25.7 Å². The first-order chi connectivity index (χ1) is 11.4. The fraction of sp³-hybridized carbons (Fsp3) is 0.375. The molecule has 1 amide bonds.